The van der Waals surface area contributed by atoms with E-state index in [1.54, 1.807) is 18.2 Å². The quantitative estimate of drug-likeness (QED) is 0.672. The van der Waals surface area contributed by atoms with E-state index in [2.05, 4.69) is 15.9 Å². The van der Waals surface area contributed by atoms with Crippen LogP contribution < -0.4 is 0 Å². The maximum absolute atomic E-state index is 11.3. The van der Waals surface area contributed by atoms with Crippen LogP contribution >= 0.6 is 15.9 Å². The fourth-order valence-electron chi connectivity index (χ4n) is 0.931. The second-order valence-corrected chi connectivity index (χ2v) is 4.94. The number of ketones is 1. The maximum atomic E-state index is 11.3. The van der Waals surface area contributed by atoms with Crippen molar-refractivity contribution in [2.75, 3.05) is 5.75 Å². The minimum atomic E-state index is -4.26. The number of carbonyl (C=O) groups is 1. The zero-order chi connectivity index (χ0) is 10.8. The molecule has 1 rings (SSSR count). The third kappa shape index (κ3) is 3.21. The van der Waals surface area contributed by atoms with E-state index in [0.29, 0.717) is 4.47 Å². The summed E-state index contributed by atoms with van der Waals surface area (Å²) in [4.78, 5) is 11.3. The number of hydrogen-bond donors (Lipinski definition) is 1. The van der Waals surface area contributed by atoms with Crippen molar-refractivity contribution in [3.05, 3.63) is 34.3 Å². The molecule has 0 fully saturated rings. The minimum Gasteiger partial charge on any atom is -0.293 e. The second kappa shape index (κ2) is 4.20. The van der Waals surface area contributed by atoms with E-state index >= 15 is 0 Å². The van der Waals surface area contributed by atoms with E-state index in [0.717, 1.165) is 0 Å². The van der Waals surface area contributed by atoms with Crippen molar-refractivity contribution in [1.29, 1.82) is 0 Å². The molecule has 0 atom stereocenters. The van der Waals surface area contributed by atoms with Gasteiger partial charge in [0.25, 0.3) is 10.1 Å². The predicted molar refractivity (Wildman–Crippen MR) is 54.9 cm³/mol. The molecule has 4 nitrogen and oxygen atoms in total. The average Bonchev–Trinajstić information content (AvgIpc) is 2.01. The van der Waals surface area contributed by atoms with Gasteiger partial charge in [0.2, 0.25) is 0 Å². The number of hydrogen-bond acceptors (Lipinski definition) is 3. The van der Waals surface area contributed by atoms with Crippen LogP contribution in [-0.4, -0.2) is 24.5 Å². The van der Waals surface area contributed by atoms with Gasteiger partial charge in [-0.2, -0.15) is 8.42 Å². The van der Waals surface area contributed by atoms with Crippen molar-refractivity contribution in [3.8, 4) is 0 Å². The lowest BCUT2D eigenvalue weighted by Gasteiger charge is -2.00. The van der Waals surface area contributed by atoms with Gasteiger partial charge in [-0.1, -0.05) is 34.1 Å². The van der Waals surface area contributed by atoms with Crippen molar-refractivity contribution in [2.24, 2.45) is 0 Å². The largest absolute Gasteiger partial charge is 0.293 e. The zero-order valence-electron chi connectivity index (χ0n) is 6.97. The number of carbonyl (C=O) groups excluding carboxylic acids is 1. The summed E-state index contributed by atoms with van der Waals surface area (Å²) in [5, 5.41) is 0. The zero-order valence-corrected chi connectivity index (χ0v) is 9.38. The average molecular weight is 279 g/mol. The van der Waals surface area contributed by atoms with Gasteiger partial charge in [0.05, 0.1) is 0 Å². The summed E-state index contributed by atoms with van der Waals surface area (Å²) >= 11 is 3.11. The number of halogens is 1. The Hall–Kier alpha value is -0.720. The van der Waals surface area contributed by atoms with E-state index in [-0.39, 0.29) is 5.56 Å². The molecule has 6 heteroatoms. The van der Waals surface area contributed by atoms with E-state index in [9.17, 15) is 13.2 Å². The van der Waals surface area contributed by atoms with E-state index in [1.165, 1.54) is 6.07 Å². The number of Topliss-reactive ketones (excluding diaryl/α,β-unsaturated/α-hetero) is 1. The highest BCUT2D eigenvalue weighted by molar-refractivity contribution is 9.10. The van der Waals surface area contributed by atoms with Gasteiger partial charge in [-0.3, -0.25) is 9.35 Å². The Bertz CT molecular complexity index is 452. The summed E-state index contributed by atoms with van der Waals surface area (Å²) < 4.78 is 29.9. The molecular formula is C8H7BrO4S. The van der Waals surface area contributed by atoms with E-state index in [1.807, 2.05) is 0 Å². The maximum Gasteiger partial charge on any atom is 0.272 e. The van der Waals surface area contributed by atoms with Crippen molar-refractivity contribution in [1.82, 2.24) is 0 Å². The molecule has 0 aliphatic heterocycles. The minimum absolute atomic E-state index is 0.241. The van der Waals surface area contributed by atoms with Gasteiger partial charge in [-0.05, 0) is 6.07 Å². The lowest BCUT2D eigenvalue weighted by Crippen LogP contribution is -2.15. The molecule has 0 aliphatic carbocycles. The van der Waals surface area contributed by atoms with Crippen LogP contribution in [-0.2, 0) is 10.1 Å². The summed E-state index contributed by atoms with van der Waals surface area (Å²) in [7, 11) is -4.26. The van der Waals surface area contributed by atoms with E-state index in [4.69, 9.17) is 4.55 Å². The smallest absolute Gasteiger partial charge is 0.272 e. The first-order valence-electron chi connectivity index (χ1n) is 3.63. The lowest BCUT2D eigenvalue weighted by molar-refractivity contribution is 0.101. The molecular weight excluding hydrogens is 272 g/mol. The molecule has 0 saturated carbocycles. The highest BCUT2D eigenvalue weighted by atomic mass is 79.9. The fourth-order valence-corrected chi connectivity index (χ4v) is 1.92. The number of benzene rings is 1. The Morgan fingerprint density at radius 2 is 1.93 bits per heavy atom. The normalized spacial score (nSPS) is 11.3. The summed E-state index contributed by atoms with van der Waals surface area (Å²) in [6.07, 6.45) is 0. The van der Waals surface area contributed by atoms with Crippen molar-refractivity contribution < 1.29 is 17.8 Å². The van der Waals surface area contributed by atoms with Crippen LogP contribution in [0, 0.1) is 0 Å². The molecule has 0 radical (unpaired) electrons. The summed E-state index contributed by atoms with van der Waals surface area (Å²) in [6.45, 7) is 0. The van der Waals surface area contributed by atoms with Crippen LogP contribution in [0.5, 0.6) is 0 Å². The van der Waals surface area contributed by atoms with Gasteiger partial charge in [0, 0.05) is 10.0 Å². The molecule has 1 N–H and O–H groups in total. The summed E-state index contributed by atoms with van der Waals surface area (Å²) in [6, 6.07) is 6.42. The van der Waals surface area contributed by atoms with Crippen LogP contribution in [0.2, 0.25) is 0 Å². The Labute approximate surface area is 89.8 Å². The Balaban J connectivity index is 2.97. The fraction of sp³-hybridized carbons (Fsp3) is 0.125. The summed E-state index contributed by atoms with van der Waals surface area (Å²) in [5.74, 6) is -1.53. The van der Waals surface area contributed by atoms with Gasteiger partial charge < -0.3 is 0 Å². The first kappa shape index (κ1) is 11.4. The molecule has 0 saturated heterocycles. The van der Waals surface area contributed by atoms with Crippen LogP contribution in [0.3, 0.4) is 0 Å². The van der Waals surface area contributed by atoms with Crippen LogP contribution in [0.4, 0.5) is 0 Å². The molecule has 76 valence electrons. The van der Waals surface area contributed by atoms with Gasteiger partial charge >= 0.3 is 0 Å². The lowest BCUT2D eigenvalue weighted by atomic mass is 10.1. The molecule has 14 heavy (non-hydrogen) atoms. The van der Waals surface area contributed by atoms with Gasteiger partial charge in [0.1, 0.15) is 5.75 Å². The highest BCUT2D eigenvalue weighted by Crippen LogP contribution is 2.16. The van der Waals surface area contributed by atoms with Gasteiger partial charge in [0.15, 0.2) is 5.78 Å². The topological polar surface area (TPSA) is 71.4 Å². The molecule has 0 aliphatic rings. The van der Waals surface area contributed by atoms with Crippen molar-refractivity contribution >= 4 is 31.8 Å². The Morgan fingerprint density at radius 1 is 1.36 bits per heavy atom. The molecule has 1 aromatic carbocycles. The van der Waals surface area contributed by atoms with Crippen LogP contribution in [0.25, 0.3) is 0 Å². The molecule has 0 spiro atoms. The second-order valence-electron chi connectivity index (χ2n) is 2.63. The molecule has 0 amide bonds. The first-order chi connectivity index (χ1) is 6.40. The van der Waals surface area contributed by atoms with Gasteiger partial charge in [-0.15, -0.1) is 0 Å². The van der Waals surface area contributed by atoms with Crippen LogP contribution in [0.1, 0.15) is 10.4 Å². The molecule has 0 heterocycles. The van der Waals surface area contributed by atoms with Gasteiger partial charge in [-0.25, -0.2) is 0 Å². The molecule has 0 bridgehead atoms. The first-order valence-corrected chi connectivity index (χ1v) is 6.03. The molecule has 0 unspecified atom stereocenters. The third-order valence-corrected chi connectivity index (χ3v) is 2.81. The van der Waals surface area contributed by atoms with E-state index < -0.39 is 21.7 Å². The van der Waals surface area contributed by atoms with Crippen LogP contribution in [0.15, 0.2) is 28.7 Å². The molecule has 0 aromatic heterocycles. The predicted octanol–water partition coefficient (Wildman–Crippen LogP) is 1.52. The van der Waals surface area contributed by atoms with Crippen molar-refractivity contribution in [3.63, 3.8) is 0 Å². The monoisotopic (exact) mass is 278 g/mol. The Kier molecular flexibility index (Phi) is 3.41. The number of rotatable bonds is 3. The SMILES string of the molecule is O=C(CS(=O)(=O)O)c1ccccc1Br. The third-order valence-electron chi connectivity index (χ3n) is 1.49. The van der Waals surface area contributed by atoms with Crippen molar-refractivity contribution in [2.45, 2.75) is 0 Å². The standard InChI is InChI=1S/C8H7BrO4S/c9-7-4-2-1-3-6(7)8(10)5-14(11,12)13/h1-4H,5H2,(H,11,12,13). The summed E-state index contributed by atoms with van der Waals surface area (Å²) in [5.41, 5.74) is 0.241. The molecule has 1 aromatic rings. The Morgan fingerprint density at radius 3 is 2.43 bits per heavy atom. The highest BCUT2D eigenvalue weighted by Gasteiger charge is 2.16.